The highest BCUT2D eigenvalue weighted by Gasteiger charge is 2.17. The van der Waals surface area contributed by atoms with Gasteiger partial charge in [0.05, 0.1) is 0 Å². The molecule has 0 aromatic heterocycles. The molecule has 100 valence electrons. The number of nitrogens with two attached hydrogens (primary N) is 1. The topological polar surface area (TPSA) is 55.1 Å². The first-order chi connectivity index (χ1) is 8.08. The third-order valence-corrected chi connectivity index (χ3v) is 3.84. The molecule has 0 aromatic rings. The van der Waals surface area contributed by atoms with Gasteiger partial charge in [0.25, 0.3) is 0 Å². The van der Waals surface area contributed by atoms with E-state index in [0.717, 1.165) is 31.2 Å². The first-order valence-corrected chi connectivity index (χ1v) is 7.10. The molecular weight excluding hydrogens is 212 g/mol. The van der Waals surface area contributed by atoms with Crippen molar-refractivity contribution < 1.29 is 4.79 Å². The maximum absolute atomic E-state index is 11.5. The number of hydrogen-bond donors (Lipinski definition) is 2. The monoisotopic (exact) mass is 240 g/mol. The summed E-state index contributed by atoms with van der Waals surface area (Å²) < 4.78 is 0. The van der Waals surface area contributed by atoms with E-state index in [0.29, 0.717) is 6.42 Å². The summed E-state index contributed by atoms with van der Waals surface area (Å²) in [6.45, 7) is 5.12. The van der Waals surface area contributed by atoms with Gasteiger partial charge in [-0.1, -0.05) is 32.6 Å². The minimum Gasteiger partial charge on any atom is -0.356 e. The maximum atomic E-state index is 11.5. The van der Waals surface area contributed by atoms with Crippen LogP contribution >= 0.6 is 0 Å². The molecule has 1 aliphatic carbocycles. The van der Waals surface area contributed by atoms with E-state index in [2.05, 4.69) is 12.2 Å². The molecule has 3 nitrogen and oxygen atoms in total. The maximum Gasteiger partial charge on any atom is 0.220 e. The van der Waals surface area contributed by atoms with Crippen molar-refractivity contribution in [3.63, 3.8) is 0 Å². The summed E-state index contributed by atoms with van der Waals surface area (Å²) in [6.07, 6.45) is 7.92. The van der Waals surface area contributed by atoms with Gasteiger partial charge in [0, 0.05) is 19.0 Å². The van der Waals surface area contributed by atoms with Crippen molar-refractivity contribution in [2.45, 2.75) is 64.8 Å². The van der Waals surface area contributed by atoms with E-state index < -0.39 is 0 Å². The van der Waals surface area contributed by atoms with Crippen molar-refractivity contribution in [1.82, 2.24) is 5.32 Å². The van der Waals surface area contributed by atoms with Crippen LogP contribution in [0.1, 0.15) is 58.8 Å². The summed E-state index contributed by atoms with van der Waals surface area (Å²) in [4.78, 5) is 11.5. The van der Waals surface area contributed by atoms with Gasteiger partial charge >= 0.3 is 0 Å². The highest BCUT2D eigenvalue weighted by molar-refractivity contribution is 5.75. The molecule has 1 atom stereocenters. The molecule has 1 aliphatic rings. The van der Waals surface area contributed by atoms with Crippen molar-refractivity contribution in [3.05, 3.63) is 0 Å². The van der Waals surface area contributed by atoms with Gasteiger partial charge in [-0.05, 0) is 31.6 Å². The molecule has 3 N–H and O–H groups in total. The van der Waals surface area contributed by atoms with Crippen LogP contribution in [0.15, 0.2) is 0 Å². The summed E-state index contributed by atoms with van der Waals surface area (Å²) in [5.74, 6) is 1.90. The summed E-state index contributed by atoms with van der Waals surface area (Å²) in [6, 6.07) is 0.126. The number of hydrogen-bond acceptors (Lipinski definition) is 2. The van der Waals surface area contributed by atoms with E-state index in [1.54, 1.807) is 0 Å². The molecule has 0 radical (unpaired) electrons. The van der Waals surface area contributed by atoms with Crippen LogP contribution in [0.3, 0.4) is 0 Å². The van der Waals surface area contributed by atoms with Crippen LogP contribution in [-0.2, 0) is 4.79 Å². The summed E-state index contributed by atoms with van der Waals surface area (Å²) in [5.41, 5.74) is 5.62. The summed E-state index contributed by atoms with van der Waals surface area (Å²) in [5, 5.41) is 3.00. The SMILES string of the molecule is CC(N)CCC(=O)NCCC1CCC(C)CC1. The van der Waals surface area contributed by atoms with Crippen molar-refractivity contribution in [2.24, 2.45) is 17.6 Å². The third kappa shape index (κ3) is 6.67. The second-order valence-corrected chi connectivity index (χ2v) is 5.78. The molecule has 0 spiro atoms. The first kappa shape index (κ1) is 14.5. The van der Waals surface area contributed by atoms with E-state index in [-0.39, 0.29) is 11.9 Å². The predicted molar refractivity (Wildman–Crippen MR) is 71.6 cm³/mol. The third-order valence-electron chi connectivity index (χ3n) is 3.84. The van der Waals surface area contributed by atoms with Crippen LogP contribution in [-0.4, -0.2) is 18.5 Å². The molecule has 3 heteroatoms. The van der Waals surface area contributed by atoms with Crippen molar-refractivity contribution in [1.29, 1.82) is 0 Å². The van der Waals surface area contributed by atoms with Crippen LogP contribution < -0.4 is 11.1 Å². The van der Waals surface area contributed by atoms with E-state index in [9.17, 15) is 4.79 Å². The van der Waals surface area contributed by atoms with Crippen LogP contribution in [0.25, 0.3) is 0 Å². The molecule has 0 aromatic carbocycles. The molecule has 17 heavy (non-hydrogen) atoms. The molecule has 1 unspecified atom stereocenters. The lowest BCUT2D eigenvalue weighted by atomic mass is 9.81. The Morgan fingerprint density at radius 1 is 1.35 bits per heavy atom. The van der Waals surface area contributed by atoms with E-state index in [1.165, 1.54) is 25.7 Å². The molecule has 1 rings (SSSR count). The molecule has 0 heterocycles. The van der Waals surface area contributed by atoms with Crippen LogP contribution in [0.5, 0.6) is 0 Å². The molecule has 1 saturated carbocycles. The average Bonchev–Trinajstić information content (AvgIpc) is 2.29. The van der Waals surface area contributed by atoms with E-state index in [4.69, 9.17) is 5.73 Å². The van der Waals surface area contributed by atoms with E-state index in [1.807, 2.05) is 6.92 Å². The second-order valence-electron chi connectivity index (χ2n) is 5.78. The molecule has 0 saturated heterocycles. The van der Waals surface area contributed by atoms with Crippen molar-refractivity contribution >= 4 is 5.91 Å². The summed E-state index contributed by atoms with van der Waals surface area (Å²) >= 11 is 0. The quantitative estimate of drug-likeness (QED) is 0.749. The zero-order chi connectivity index (χ0) is 12.7. The number of amides is 1. The number of nitrogens with one attached hydrogen (secondary N) is 1. The smallest absolute Gasteiger partial charge is 0.220 e. The molecule has 0 bridgehead atoms. The zero-order valence-electron chi connectivity index (χ0n) is 11.4. The lowest BCUT2D eigenvalue weighted by molar-refractivity contribution is -0.121. The Morgan fingerprint density at radius 2 is 2.00 bits per heavy atom. The molecule has 1 amide bonds. The molecule has 1 fully saturated rings. The van der Waals surface area contributed by atoms with Gasteiger partial charge in [0.2, 0.25) is 5.91 Å². The van der Waals surface area contributed by atoms with Gasteiger partial charge < -0.3 is 11.1 Å². The van der Waals surface area contributed by atoms with E-state index >= 15 is 0 Å². The number of rotatable bonds is 6. The first-order valence-electron chi connectivity index (χ1n) is 7.10. The molecule has 0 aliphatic heterocycles. The molecular formula is C14H28N2O. The number of carbonyl (C=O) groups excluding carboxylic acids is 1. The van der Waals surface area contributed by atoms with Crippen molar-refractivity contribution in [2.75, 3.05) is 6.54 Å². The van der Waals surface area contributed by atoms with Crippen LogP contribution in [0, 0.1) is 11.8 Å². The Kier molecular flexibility index (Phi) is 6.56. The summed E-state index contributed by atoms with van der Waals surface area (Å²) in [7, 11) is 0. The Balaban J connectivity index is 2.01. The lowest BCUT2D eigenvalue weighted by Gasteiger charge is -2.26. The van der Waals surface area contributed by atoms with Gasteiger partial charge in [-0.2, -0.15) is 0 Å². The van der Waals surface area contributed by atoms with Crippen LogP contribution in [0.2, 0.25) is 0 Å². The zero-order valence-corrected chi connectivity index (χ0v) is 11.4. The minimum atomic E-state index is 0.126. The standard InChI is InChI=1S/C14H28N2O/c1-11-3-6-13(7-4-11)9-10-16-14(17)8-5-12(2)15/h11-13H,3-10,15H2,1-2H3,(H,16,17). The highest BCUT2D eigenvalue weighted by atomic mass is 16.1. The van der Waals surface area contributed by atoms with Gasteiger partial charge in [-0.3, -0.25) is 4.79 Å². The van der Waals surface area contributed by atoms with Crippen LogP contribution in [0.4, 0.5) is 0 Å². The Labute approximate surface area is 106 Å². The number of carbonyl (C=O) groups is 1. The van der Waals surface area contributed by atoms with Gasteiger partial charge in [-0.15, -0.1) is 0 Å². The highest BCUT2D eigenvalue weighted by Crippen LogP contribution is 2.29. The lowest BCUT2D eigenvalue weighted by Crippen LogP contribution is -2.28. The minimum absolute atomic E-state index is 0.126. The van der Waals surface area contributed by atoms with Gasteiger partial charge in [0.1, 0.15) is 0 Å². The fourth-order valence-corrected chi connectivity index (χ4v) is 2.48. The fraction of sp³-hybridized carbons (Fsp3) is 0.929. The van der Waals surface area contributed by atoms with Gasteiger partial charge in [-0.25, -0.2) is 0 Å². The predicted octanol–water partition coefficient (Wildman–Crippen LogP) is 2.45. The Morgan fingerprint density at radius 3 is 2.59 bits per heavy atom. The Hall–Kier alpha value is -0.570. The normalized spacial score (nSPS) is 26.5. The van der Waals surface area contributed by atoms with Gasteiger partial charge in [0.15, 0.2) is 0 Å². The van der Waals surface area contributed by atoms with Crippen molar-refractivity contribution in [3.8, 4) is 0 Å². The Bertz CT molecular complexity index is 220. The second kappa shape index (κ2) is 7.70. The fourth-order valence-electron chi connectivity index (χ4n) is 2.48. The largest absolute Gasteiger partial charge is 0.356 e. The average molecular weight is 240 g/mol.